The molecule has 1 aromatic heterocycles. The third-order valence-corrected chi connectivity index (χ3v) is 4.52. The van der Waals surface area contributed by atoms with E-state index >= 15 is 0 Å². The van der Waals surface area contributed by atoms with Crippen molar-refractivity contribution < 1.29 is 0 Å². The Bertz CT molecular complexity index is 689. The molecule has 98 valence electrons. The number of fused-ring (bicyclic) bond motifs is 2. The second kappa shape index (κ2) is 4.76. The topological polar surface area (TPSA) is 24.9 Å². The van der Waals surface area contributed by atoms with Crippen molar-refractivity contribution >= 4 is 16.5 Å². The van der Waals surface area contributed by atoms with Crippen LogP contribution < -0.4 is 5.32 Å². The average Bonchev–Trinajstić information content (AvgIpc) is 3.00. The van der Waals surface area contributed by atoms with Crippen LogP contribution in [0.2, 0.25) is 0 Å². The third kappa shape index (κ3) is 1.91. The van der Waals surface area contributed by atoms with Crippen LogP contribution in [0.3, 0.4) is 0 Å². The molecule has 0 unspecified atom stereocenters. The minimum absolute atomic E-state index is 0.197. The van der Waals surface area contributed by atoms with Gasteiger partial charge in [0.2, 0.25) is 0 Å². The lowest BCUT2D eigenvalue weighted by Crippen LogP contribution is -2.20. The molecule has 0 amide bonds. The number of anilines is 1. The predicted molar refractivity (Wildman–Crippen MR) is 83.3 cm³/mol. The van der Waals surface area contributed by atoms with Gasteiger partial charge in [0.25, 0.3) is 0 Å². The molecule has 0 spiro atoms. The standard InChI is InChI=1S/C17H14N2S/c1-3-7-14-12(5-1)11-13-6-2-4-8-15(13)16(14)19-17-18-9-10-20-17/h1-10,16H,11H2,(H,18,19). The van der Waals surface area contributed by atoms with Gasteiger partial charge in [-0.3, -0.25) is 0 Å². The van der Waals surface area contributed by atoms with Crippen molar-refractivity contribution in [1.82, 2.24) is 4.98 Å². The highest BCUT2D eigenvalue weighted by molar-refractivity contribution is 7.13. The molecule has 0 saturated carbocycles. The Morgan fingerprint density at radius 2 is 1.60 bits per heavy atom. The largest absolute Gasteiger partial charge is 0.351 e. The zero-order chi connectivity index (χ0) is 13.4. The molecule has 0 saturated heterocycles. The van der Waals surface area contributed by atoms with E-state index in [1.807, 2.05) is 11.6 Å². The molecule has 2 nitrogen and oxygen atoms in total. The molecule has 4 rings (SSSR count). The Morgan fingerprint density at radius 1 is 0.950 bits per heavy atom. The Balaban J connectivity index is 1.84. The summed E-state index contributed by atoms with van der Waals surface area (Å²) < 4.78 is 0. The number of nitrogens with zero attached hydrogens (tertiary/aromatic N) is 1. The Labute approximate surface area is 122 Å². The molecule has 20 heavy (non-hydrogen) atoms. The van der Waals surface area contributed by atoms with Gasteiger partial charge in [-0.25, -0.2) is 4.98 Å². The summed E-state index contributed by atoms with van der Waals surface area (Å²) in [6.07, 6.45) is 2.86. The molecule has 1 aliphatic carbocycles. The van der Waals surface area contributed by atoms with E-state index < -0.39 is 0 Å². The van der Waals surface area contributed by atoms with Crippen LogP contribution in [-0.4, -0.2) is 4.98 Å². The average molecular weight is 278 g/mol. The minimum atomic E-state index is 0.197. The van der Waals surface area contributed by atoms with Crippen LogP contribution in [0.25, 0.3) is 0 Å². The molecular formula is C17H14N2S. The fraction of sp³-hybridized carbons (Fsp3) is 0.118. The van der Waals surface area contributed by atoms with Crippen molar-refractivity contribution in [2.24, 2.45) is 0 Å². The van der Waals surface area contributed by atoms with Crippen LogP contribution in [0.4, 0.5) is 5.13 Å². The van der Waals surface area contributed by atoms with E-state index in [9.17, 15) is 0 Å². The molecule has 2 aromatic carbocycles. The van der Waals surface area contributed by atoms with Gasteiger partial charge in [0, 0.05) is 11.6 Å². The van der Waals surface area contributed by atoms with E-state index in [2.05, 4.69) is 58.8 Å². The number of rotatable bonds is 2. The summed E-state index contributed by atoms with van der Waals surface area (Å²) in [6.45, 7) is 0. The van der Waals surface area contributed by atoms with Crippen LogP contribution in [0.15, 0.2) is 60.1 Å². The first-order valence-corrected chi connectivity index (χ1v) is 7.61. The fourth-order valence-corrected chi connectivity index (χ4v) is 3.46. The van der Waals surface area contributed by atoms with Crippen LogP contribution in [-0.2, 0) is 6.42 Å². The molecule has 0 fully saturated rings. The zero-order valence-corrected chi connectivity index (χ0v) is 11.7. The zero-order valence-electron chi connectivity index (χ0n) is 10.9. The number of benzene rings is 2. The van der Waals surface area contributed by atoms with E-state index in [0.717, 1.165) is 11.6 Å². The van der Waals surface area contributed by atoms with Gasteiger partial charge in [-0.15, -0.1) is 11.3 Å². The number of hydrogen-bond acceptors (Lipinski definition) is 3. The summed E-state index contributed by atoms with van der Waals surface area (Å²) >= 11 is 1.64. The van der Waals surface area contributed by atoms with Crippen LogP contribution >= 0.6 is 11.3 Å². The molecule has 0 aliphatic heterocycles. The van der Waals surface area contributed by atoms with E-state index in [0.29, 0.717) is 0 Å². The van der Waals surface area contributed by atoms with Crippen LogP contribution in [0, 0.1) is 0 Å². The molecule has 1 N–H and O–H groups in total. The summed E-state index contributed by atoms with van der Waals surface area (Å²) in [5.74, 6) is 0. The lowest BCUT2D eigenvalue weighted by atomic mass is 9.82. The number of aromatic nitrogens is 1. The molecule has 0 radical (unpaired) electrons. The lowest BCUT2D eigenvalue weighted by molar-refractivity contribution is 0.857. The smallest absolute Gasteiger partial charge is 0.183 e. The van der Waals surface area contributed by atoms with Crippen molar-refractivity contribution in [3.05, 3.63) is 82.4 Å². The number of nitrogens with one attached hydrogen (secondary N) is 1. The van der Waals surface area contributed by atoms with Crippen molar-refractivity contribution in [2.45, 2.75) is 12.5 Å². The normalized spacial score (nSPS) is 13.6. The van der Waals surface area contributed by atoms with E-state index in [1.54, 1.807) is 11.3 Å². The van der Waals surface area contributed by atoms with Crippen molar-refractivity contribution in [1.29, 1.82) is 0 Å². The lowest BCUT2D eigenvalue weighted by Gasteiger charge is -2.29. The van der Waals surface area contributed by atoms with Gasteiger partial charge in [-0.1, -0.05) is 48.5 Å². The first kappa shape index (κ1) is 11.7. The third-order valence-electron chi connectivity index (χ3n) is 3.81. The van der Waals surface area contributed by atoms with Gasteiger partial charge >= 0.3 is 0 Å². The van der Waals surface area contributed by atoms with Gasteiger partial charge in [0.15, 0.2) is 5.13 Å². The fourth-order valence-electron chi connectivity index (χ4n) is 2.90. The second-order valence-corrected chi connectivity index (χ2v) is 5.88. The Kier molecular flexibility index (Phi) is 2.78. The molecule has 0 atom stereocenters. The van der Waals surface area contributed by atoms with Gasteiger partial charge in [-0.05, 0) is 28.7 Å². The maximum atomic E-state index is 4.36. The summed E-state index contributed by atoms with van der Waals surface area (Å²) in [5, 5.41) is 6.56. The highest BCUT2D eigenvalue weighted by atomic mass is 32.1. The summed E-state index contributed by atoms with van der Waals surface area (Å²) in [5.41, 5.74) is 5.53. The maximum absolute atomic E-state index is 4.36. The molecule has 1 heterocycles. The summed E-state index contributed by atoms with van der Waals surface area (Å²) in [6, 6.07) is 17.5. The van der Waals surface area contributed by atoms with Gasteiger partial charge in [0.1, 0.15) is 0 Å². The second-order valence-electron chi connectivity index (χ2n) is 4.99. The van der Waals surface area contributed by atoms with Crippen molar-refractivity contribution in [3.8, 4) is 0 Å². The van der Waals surface area contributed by atoms with Crippen molar-refractivity contribution in [2.75, 3.05) is 5.32 Å². The van der Waals surface area contributed by atoms with Crippen LogP contribution in [0.5, 0.6) is 0 Å². The highest BCUT2D eigenvalue weighted by Gasteiger charge is 2.25. The van der Waals surface area contributed by atoms with Gasteiger partial charge in [0.05, 0.1) is 6.04 Å². The number of hydrogen-bond donors (Lipinski definition) is 1. The quantitative estimate of drug-likeness (QED) is 0.758. The summed E-state index contributed by atoms with van der Waals surface area (Å²) in [4.78, 5) is 4.36. The molecular weight excluding hydrogens is 264 g/mol. The SMILES string of the molecule is c1ccc2c(c1)Cc1ccccc1C2Nc1nccs1. The molecule has 0 bridgehead atoms. The monoisotopic (exact) mass is 278 g/mol. The Morgan fingerprint density at radius 3 is 2.20 bits per heavy atom. The van der Waals surface area contributed by atoms with E-state index in [4.69, 9.17) is 0 Å². The van der Waals surface area contributed by atoms with E-state index in [1.165, 1.54) is 22.3 Å². The molecule has 3 aromatic rings. The maximum Gasteiger partial charge on any atom is 0.183 e. The predicted octanol–water partition coefficient (Wildman–Crippen LogP) is 4.25. The number of thiazole rings is 1. The van der Waals surface area contributed by atoms with Gasteiger partial charge < -0.3 is 5.32 Å². The molecule has 3 heteroatoms. The first-order valence-electron chi connectivity index (χ1n) is 6.73. The minimum Gasteiger partial charge on any atom is -0.351 e. The van der Waals surface area contributed by atoms with Crippen LogP contribution in [0.1, 0.15) is 28.3 Å². The Hall–Kier alpha value is -2.13. The van der Waals surface area contributed by atoms with Crippen molar-refractivity contribution in [3.63, 3.8) is 0 Å². The highest BCUT2D eigenvalue weighted by Crippen LogP contribution is 2.37. The van der Waals surface area contributed by atoms with E-state index in [-0.39, 0.29) is 6.04 Å². The molecule has 1 aliphatic rings. The summed E-state index contributed by atoms with van der Waals surface area (Å²) in [7, 11) is 0. The van der Waals surface area contributed by atoms with Gasteiger partial charge in [-0.2, -0.15) is 0 Å². The first-order chi connectivity index (χ1) is 9.92.